The van der Waals surface area contributed by atoms with Crippen LogP contribution in [0.4, 0.5) is 0 Å². The molecule has 0 fully saturated rings. The number of aliphatic hydroxyl groups excluding tert-OH is 1. The highest BCUT2D eigenvalue weighted by Gasteiger charge is 2.06. The molecule has 0 saturated heterocycles. The summed E-state index contributed by atoms with van der Waals surface area (Å²) in [6, 6.07) is 0. The number of methoxy groups -OCH3 is 1. The van der Waals surface area contributed by atoms with Gasteiger partial charge in [0.2, 0.25) is 0 Å². The van der Waals surface area contributed by atoms with Crippen LogP contribution in [0.25, 0.3) is 0 Å². The largest absolute Gasteiger partial charge is 0.389 e. The zero-order valence-electron chi connectivity index (χ0n) is 10.1. The van der Waals surface area contributed by atoms with Crippen molar-refractivity contribution >= 4 is 11.3 Å². The Labute approximate surface area is 101 Å². The third-order valence-electron chi connectivity index (χ3n) is 2.11. The van der Waals surface area contributed by atoms with E-state index in [1.807, 2.05) is 0 Å². The summed E-state index contributed by atoms with van der Waals surface area (Å²) in [6.45, 7) is 5.87. The second-order valence-corrected chi connectivity index (χ2v) is 4.96. The Bertz CT molecular complexity index is 302. The van der Waals surface area contributed by atoms with Gasteiger partial charge in [-0.3, -0.25) is 0 Å². The number of thiazole rings is 1. The van der Waals surface area contributed by atoms with Crippen molar-refractivity contribution in [1.29, 1.82) is 0 Å². The maximum absolute atomic E-state index is 9.42. The lowest BCUT2D eigenvalue weighted by Gasteiger charge is -2.09. The zero-order chi connectivity index (χ0) is 12.0. The highest BCUT2D eigenvalue weighted by Crippen LogP contribution is 2.18. The summed E-state index contributed by atoms with van der Waals surface area (Å²) in [6.07, 6.45) is -0.451. The van der Waals surface area contributed by atoms with Crippen molar-refractivity contribution in [3.8, 4) is 0 Å². The van der Waals surface area contributed by atoms with Crippen LogP contribution in [0, 0.1) is 0 Å². The summed E-state index contributed by atoms with van der Waals surface area (Å²) in [7, 11) is 1.58. The quantitative estimate of drug-likeness (QED) is 0.760. The number of aliphatic hydroxyl groups is 1. The van der Waals surface area contributed by atoms with E-state index in [0.29, 0.717) is 25.6 Å². The van der Waals surface area contributed by atoms with Gasteiger partial charge in [0.1, 0.15) is 0 Å². The maximum atomic E-state index is 9.42. The maximum Gasteiger partial charge on any atom is 0.0954 e. The number of aromatic nitrogens is 1. The van der Waals surface area contributed by atoms with Gasteiger partial charge in [0.05, 0.1) is 23.4 Å². The summed E-state index contributed by atoms with van der Waals surface area (Å²) in [4.78, 5) is 4.50. The summed E-state index contributed by atoms with van der Waals surface area (Å²) in [5, 5.41) is 15.8. The van der Waals surface area contributed by atoms with Gasteiger partial charge in [0, 0.05) is 31.5 Å². The molecule has 0 aliphatic carbocycles. The molecular weight excluding hydrogens is 224 g/mol. The van der Waals surface area contributed by atoms with Crippen molar-refractivity contribution in [2.24, 2.45) is 0 Å². The Morgan fingerprint density at radius 2 is 2.31 bits per heavy atom. The molecule has 0 radical (unpaired) electrons. The molecule has 1 atom stereocenters. The number of ether oxygens (including phenoxy) is 1. The van der Waals surface area contributed by atoms with Gasteiger partial charge in [-0.15, -0.1) is 11.3 Å². The highest BCUT2D eigenvalue weighted by molar-refractivity contribution is 7.09. The van der Waals surface area contributed by atoms with Gasteiger partial charge < -0.3 is 15.2 Å². The van der Waals surface area contributed by atoms with E-state index in [4.69, 9.17) is 4.74 Å². The highest BCUT2D eigenvalue weighted by atomic mass is 32.1. The standard InChI is InChI=1S/C11H20N2O2S/c1-8(2)11-13-9(7-16-11)4-12-5-10(14)6-15-3/h7-8,10,12,14H,4-6H2,1-3H3. The molecule has 1 rings (SSSR count). The first kappa shape index (κ1) is 13.6. The molecule has 1 aromatic heterocycles. The molecule has 1 aromatic rings. The van der Waals surface area contributed by atoms with Gasteiger partial charge in [-0.2, -0.15) is 0 Å². The molecule has 1 unspecified atom stereocenters. The van der Waals surface area contributed by atoms with E-state index in [2.05, 4.69) is 29.5 Å². The Morgan fingerprint density at radius 1 is 1.56 bits per heavy atom. The minimum absolute atomic E-state index is 0.362. The first-order valence-corrected chi connectivity index (χ1v) is 6.33. The summed E-state index contributed by atoms with van der Waals surface area (Å²) in [5.41, 5.74) is 1.04. The van der Waals surface area contributed by atoms with E-state index >= 15 is 0 Å². The van der Waals surface area contributed by atoms with Crippen LogP contribution in [0.15, 0.2) is 5.38 Å². The molecule has 0 bridgehead atoms. The molecule has 0 aliphatic rings. The molecule has 0 spiro atoms. The second-order valence-electron chi connectivity index (χ2n) is 4.07. The molecule has 92 valence electrons. The molecular formula is C11H20N2O2S. The average Bonchev–Trinajstić information content (AvgIpc) is 2.67. The fourth-order valence-electron chi connectivity index (χ4n) is 1.29. The fourth-order valence-corrected chi connectivity index (χ4v) is 2.12. The number of rotatable bonds is 7. The van der Waals surface area contributed by atoms with E-state index in [9.17, 15) is 5.11 Å². The van der Waals surface area contributed by atoms with E-state index in [0.717, 1.165) is 10.7 Å². The van der Waals surface area contributed by atoms with Crippen molar-refractivity contribution < 1.29 is 9.84 Å². The number of nitrogens with zero attached hydrogens (tertiary/aromatic N) is 1. The SMILES string of the molecule is COCC(O)CNCc1csc(C(C)C)n1. The summed E-state index contributed by atoms with van der Waals surface area (Å²) >= 11 is 1.69. The molecule has 4 nitrogen and oxygen atoms in total. The zero-order valence-corrected chi connectivity index (χ0v) is 10.9. The Kier molecular flexibility index (Phi) is 5.90. The minimum Gasteiger partial charge on any atom is -0.389 e. The molecule has 0 amide bonds. The van der Waals surface area contributed by atoms with E-state index in [-0.39, 0.29) is 0 Å². The van der Waals surface area contributed by atoms with Crippen molar-refractivity contribution in [3.05, 3.63) is 16.1 Å². The molecule has 2 N–H and O–H groups in total. The lowest BCUT2D eigenvalue weighted by molar-refractivity contribution is 0.0643. The monoisotopic (exact) mass is 244 g/mol. The molecule has 1 heterocycles. The van der Waals surface area contributed by atoms with Crippen molar-refractivity contribution in [1.82, 2.24) is 10.3 Å². The number of hydrogen-bond acceptors (Lipinski definition) is 5. The van der Waals surface area contributed by atoms with Crippen LogP contribution in [0.5, 0.6) is 0 Å². The smallest absolute Gasteiger partial charge is 0.0954 e. The predicted octanol–water partition coefficient (Wildman–Crippen LogP) is 1.36. The van der Waals surface area contributed by atoms with Crippen LogP contribution < -0.4 is 5.32 Å². The van der Waals surface area contributed by atoms with E-state index < -0.39 is 6.10 Å². The second kappa shape index (κ2) is 6.96. The van der Waals surface area contributed by atoms with Crippen LogP contribution in [0.1, 0.15) is 30.5 Å². The van der Waals surface area contributed by atoms with Gasteiger partial charge in [0.15, 0.2) is 0 Å². The fraction of sp³-hybridized carbons (Fsp3) is 0.727. The third kappa shape index (κ3) is 4.57. The van der Waals surface area contributed by atoms with Gasteiger partial charge in [0.25, 0.3) is 0 Å². The normalized spacial score (nSPS) is 13.3. The Balaban J connectivity index is 2.26. The minimum atomic E-state index is -0.451. The molecule has 5 heteroatoms. The summed E-state index contributed by atoms with van der Waals surface area (Å²) < 4.78 is 4.84. The molecule has 0 aromatic carbocycles. The molecule has 0 aliphatic heterocycles. The van der Waals surface area contributed by atoms with Gasteiger partial charge in [-0.1, -0.05) is 13.8 Å². The first-order chi connectivity index (χ1) is 7.63. The topological polar surface area (TPSA) is 54.4 Å². The first-order valence-electron chi connectivity index (χ1n) is 5.45. The lowest BCUT2D eigenvalue weighted by atomic mass is 10.2. The van der Waals surface area contributed by atoms with Gasteiger partial charge in [-0.05, 0) is 0 Å². The summed E-state index contributed by atoms with van der Waals surface area (Å²) in [5.74, 6) is 0.484. The third-order valence-corrected chi connectivity index (χ3v) is 3.30. The van der Waals surface area contributed by atoms with Crippen LogP contribution in [0.2, 0.25) is 0 Å². The Morgan fingerprint density at radius 3 is 2.88 bits per heavy atom. The van der Waals surface area contributed by atoms with Crippen molar-refractivity contribution in [2.75, 3.05) is 20.3 Å². The lowest BCUT2D eigenvalue weighted by Crippen LogP contribution is -2.29. The van der Waals surface area contributed by atoms with Crippen molar-refractivity contribution in [2.45, 2.75) is 32.4 Å². The van der Waals surface area contributed by atoms with Crippen LogP contribution >= 0.6 is 11.3 Å². The molecule has 0 saturated carbocycles. The van der Waals surface area contributed by atoms with Crippen molar-refractivity contribution in [3.63, 3.8) is 0 Å². The predicted molar refractivity (Wildman–Crippen MR) is 65.8 cm³/mol. The van der Waals surface area contributed by atoms with Gasteiger partial charge >= 0.3 is 0 Å². The van der Waals surface area contributed by atoms with E-state index in [1.165, 1.54) is 0 Å². The molecule has 16 heavy (non-hydrogen) atoms. The number of hydrogen-bond donors (Lipinski definition) is 2. The van der Waals surface area contributed by atoms with Crippen LogP contribution in [0.3, 0.4) is 0 Å². The van der Waals surface area contributed by atoms with Crippen LogP contribution in [-0.2, 0) is 11.3 Å². The Hall–Kier alpha value is -0.490. The average molecular weight is 244 g/mol. The van der Waals surface area contributed by atoms with E-state index in [1.54, 1.807) is 18.4 Å². The van der Waals surface area contributed by atoms with Crippen LogP contribution in [-0.4, -0.2) is 36.5 Å². The number of nitrogens with one attached hydrogen (secondary N) is 1. The van der Waals surface area contributed by atoms with Gasteiger partial charge in [-0.25, -0.2) is 4.98 Å².